The molecule has 0 spiro atoms. The molecule has 192 valence electrons. The van der Waals surface area contributed by atoms with E-state index in [9.17, 15) is 9.18 Å². The van der Waals surface area contributed by atoms with E-state index in [1.165, 1.54) is 17.8 Å². The van der Waals surface area contributed by atoms with Gasteiger partial charge in [0.05, 0.1) is 17.3 Å². The molecule has 0 saturated heterocycles. The lowest BCUT2D eigenvalue weighted by Gasteiger charge is -2.12. The first-order valence-electron chi connectivity index (χ1n) is 12.2. The van der Waals surface area contributed by atoms with E-state index in [-0.39, 0.29) is 18.5 Å². The summed E-state index contributed by atoms with van der Waals surface area (Å²) >= 11 is 1.22. The van der Waals surface area contributed by atoms with Crippen molar-refractivity contribution >= 4 is 39.7 Å². The summed E-state index contributed by atoms with van der Waals surface area (Å²) in [5.74, 6) is 0.942. The molecular formula is C28H24FN5O3S. The van der Waals surface area contributed by atoms with Gasteiger partial charge in [0.25, 0.3) is 0 Å². The molecule has 0 saturated carbocycles. The van der Waals surface area contributed by atoms with Gasteiger partial charge in [-0.15, -0.1) is 10.2 Å². The normalized spacial score (nSPS) is 13.2. The maximum atomic E-state index is 14.5. The first-order chi connectivity index (χ1) is 18.5. The van der Waals surface area contributed by atoms with E-state index in [4.69, 9.17) is 14.5 Å². The molecule has 3 aromatic carbocycles. The third-order valence-electron chi connectivity index (χ3n) is 6.44. The van der Waals surface area contributed by atoms with Gasteiger partial charge in [0.15, 0.2) is 17.1 Å². The van der Waals surface area contributed by atoms with Crippen LogP contribution in [0.25, 0.3) is 22.1 Å². The number of hydrogen-bond acceptors (Lipinski definition) is 7. The summed E-state index contributed by atoms with van der Waals surface area (Å²) in [6, 6.07) is 18.3. The Bertz CT molecular complexity index is 1690. The molecule has 0 bridgehead atoms. The molecule has 8 nitrogen and oxygen atoms in total. The molecule has 10 heteroatoms. The van der Waals surface area contributed by atoms with E-state index >= 15 is 0 Å². The van der Waals surface area contributed by atoms with Gasteiger partial charge in [0.1, 0.15) is 11.3 Å². The van der Waals surface area contributed by atoms with Crippen molar-refractivity contribution in [2.24, 2.45) is 0 Å². The topological polar surface area (TPSA) is 91.2 Å². The molecule has 3 heterocycles. The molecule has 0 fully saturated rings. The zero-order chi connectivity index (χ0) is 26.2. The number of halogens is 1. The van der Waals surface area contributed by atoms with E-state index in [0.29, 0.717) is 46.5 Å². The molecule has 0 aliphatic carbocycles. The highest BCUT2D eigenvalue weighted by molar-refractivity contribution is 8.00. The Kier molecular flexibility index (Phi) is 6.32. The van der Waals surface area contributed by atoms with Crippen LogP contribution in [0.4, 0.5) is 4.39 Å². The largest absolute Gasteiger partial charge is 0.454 e. The average Bonchev–Trinajstić information content (AvgIpc) is 3.50. The predicted molar refractivity (Wildman–Crippen MR) is 143 cm³/mol. The van der Waals surface area contributed by atoms with Crippen LogP contribution in [-0.4, -0.2) is 37.7 Å². The molecular weight excluding hydrogens is 505 g/mol. The number of carbonyl (C=O) groups is 1. The van der Waals surface area contributed by atoms with Gasteiger partial charge in [-0.25, -0.2) is 9.37 Å². The molecule has 0 radical (unpaired) electrons. The fourth-order valence-electron chi connectivity index (χ4n) is 4.46. The summed E-state index contributed by atoms with van der Waals surface area (Å²) in [6.45, 7) is 4.66. The highest BCUT2D eigenvalue weighted by Crippen LogP contribution is 2.33. The van der Waals surface area contributed by atoms with Crippen LogP contribution in [0.3, 0.4) is 0 Å². The van der Waals surface area contributed by atoms with Gasteiger partial charge in [-0.1, -0.05) is 47.7 Å². The van der Waals surface area contributed by atoms with Gasteiger partial charge < -0.3 is 19.4 Å². The molecule has 5 aromatic rings. The molecule has 1 atom stereocenters. The lowest BCUT2D eigenvalue weighted by Crippen LogP contribution is -2.30. The number of fused-ring (bicyclic) bond motifs is 4. The third kappa shape index (κ3) is 4.63. The number of aromatic nitrogens is 4. The zero-order valence-electron chi connectivity index (χ0n) is 20.8. The molecule has 2 aromatic heterocycles. The van der Waals surface area contributed by atoms with Crippen LogP contribution in [0.15, 0.2) is 65.8 Å². The first-order valence-corrected chi connectivity index (χ1v) is 13.0. The van der Waals surface area contributed by atoms with E-state index in [1.54, 1.807) is 19.1 Å². The number of rotatable bonds is 7. The molecule has 1 unspecified atom stereocenters. The van der Waals surface area contributed by atoms with Crippen LogP contribution in [0.5, 0.6) is 11.5 Å². The second kappa shape index (κ2) is 9.94. The average molecular weight is 530 g/mol. The van der Waals surface area contributed by atoms with Crippen molar-refractivity contribution in [3.05, 3.63) is 83.2 Å². The molecule has 1 amide bonds. The predicted octanol–water partition coefficient (Wildman–Crippen LogP) is 5.00. The number of amides is 1. The maximum Gasteiger partial charge on any atom is 0.233 e. The van der Waals surface area contributed by atoms with E-state index in [0.717, 1.165) is 22.0 Å². The second-order valence-electron chi connectivity index (χ2n) is 9.13. The fourth-order valence-corrected chi connectivity index (χ4v) is 5.19. The number of aryl methyl sites for hydroxylation is 1. The van der Waals surface area contributed by atoms with Crippen molar-refractivity contribution in [3.8, 4) is 11.5 Å². The van der Waals surface area contributed by atoms with Crippen molar-refractivity contribution in [1.29, 1.82) is 0 Å². The number of nitrogens with zero attached hydrogens (tertiary/aromatic N) is 4. The summed E-state index contributed by atoms with van der Waals surface area (Å²) in [5, 5.41) is 12.5. The molecule has 1 aliphatic rings. The minimum absolute atomic E-state index is 0.154. The summed E-state index contributed by atoms with van der Waals surface area (Å²) in [5.41, 5.74) is 4.68. The van der Waals surface area contributed by atoms with Gasteiger partial charge in [-0.2, -0.15) is 0 Å². The van der Waals surface area contributed by atoms with Crippen LogP contribution >= 0.6 is 11.8 Å². The molecule has 1 aliphatic heterocycles. The quantitative estimate of drug-likeness (QED) is 0.297. The Labute approximate surface area is 222 Å². The number of thioether (sulfide) groups is 1. The van der Waals surface area contributed by atoms with Crippen LogP contribution in [-0.2, 0) is 17.9 Å². The van der Waals surface area contributed by atoms with Crippen molar-refractivity contribution in [1.82, 2.24) is 25.1 Å². The lowest BCUT2D eigenvalue weighted by atomic mass is 10.1. The minimum Gasteiger partial charge on any atom is -0.454 e. The van der Waals surface area contributed by atoms with Gasteiger partial charge in [-0.3, -0.25) is 4.79 Å². The van der Waals surface area contributed by atoms with Crippen LogP contribution in [0.1, 0.15) is 23.6 Å². The van der Waals surface area contributed by atoms with Crippen molar-refractivity contribution in [2.45, 2.75) is 37.3 Å². The van der Waals surface area contributed by atoms with Gasteiger partial charge in [0, 0.05) is 17.5 Å². The number of ether oxygens (including phenoxy) is 2. The maximum absolute atomic E-state index is 14.5. The zero-order valence-corrected chi connectivity index (χ0v) is 21.6. The van der Waals surface area contributed by atoms with Crippen molar-refractivity contribution in [3.63, 3.8) is 0 Å². The Hall–Kier alpha value is -4.18. The number of benzene rings is 3. The highest BCUT2D eigenvalue weighted by atomic mass is 32.2. The van der Waals surface area contributed by atoms with Crippen LogP contribution in [0, 0.1) is 12.7 Å². The molecule has 6 rings (SSSR count). The monoisotopic (exact) mass is 529 g/mol. The number of hydrogen-bond donors (Lipinski definition) is 1. The fraction of sp³-hybridized carbons (Fsp3) is 0.214. The van der Waals surface area contributed by atoms with Gasteiger partial charge in [-0.05, 0) is 49.7 Å². The number of carbonyl (C=O) groups excluding carboxylic acids is 1. The Balaban J connectivity index is 1.24. The molecule has 1 N–H and O–H groups in total. The Morgan fingerprint density at radius 1 is 1.11 bits per heavy atom. The van der Waals surface area contributed by atoms with Crippen molar-refractivity contribution in [2.75, 3.05) is 6.79 Å². The lowest BCUT2D eigenvalue weighted by molar-refractivity contribution is -0.120. The number of nitrogens with one attached hydrogen (secondary N) is 1. The summed E-state index contributed by atoms with van der Waals surface area (Å²) in [7, 11) is 0. The van der Waals surface area contributed by atoms with E-state index in [1.807, 2.05) is 54.0 Å². The smallest absolute Gasteiger partial charge is 0.233 e. The SMILES string of the molecule is Cc1ccc2c(c1)c1nnc(SC(C)C(=O)NCc3ccc4c(c3)OCO4)nc1n2Cc1ccccc1F. The molecule has 38 heavy (non-hydrogen) atoms. The summed E-state index contributed by atoms with van der Waals surface area (Å²) in [6.07, 6.45) is 0. The highest BCUT2D eigenvalue weighted by Gasteiger charge is 2.21. The van der Waals surface area contributed by atoms with Gasteiger partial charge in [0.2, 0.25) is 17.9 Å². The second-order valence-corrected chi connectivity index (χ2v) is 10.4. The first kappa shape index (κ1) is 24.2. The van der Waals surface area contributed by atoms with Crippen molar-refractivity contribution < 1.29 is 18.7 Å². The van der Waals surface area contributed by atoms with Crippen LogP contribution < -0.4 is 14.8 Å². The Morgan fingerprint density at radius 2 is 1.95 bits per heavy atom. The Morgan fingerprint density at radius 3 is 2.82 bits per heavy atom. The van der Waals surface area contributed by atoms with Gasteiger partial charge >= 0.3 is 0 Å². The minimum atomic E-state index is -0.463. The van der Waals surface area contributed by atoms with Crippen LogP contribution in [0.2, 0.25) is 0 Å². The summed E-state index contributed by atoms with van der Waals surface area (Å²) in [4.78, 5) is 17.6. The van der Waals surface area contributed by atoms with E-state index < -0.39 is 5.25 Å². The standard InChI is InChI=1S/C28H24FN5O3S/c1-16-7-9-22-20(11-16)25-26(34(22)14-19-5-3-4-6-21(19)29)31-28(33-32-25)38-17(2)27(35)30-13-18-8-10-23-24(12-18)37-15-36-23/h3-12,17H,13-15H2,1-2H3,(H,30,35). The summed E-state index contributed by atoms with van der Waals surface area (Å²) < 4.78 is 27.2. The van der Waals surface area contributed by atoms with E-state index in [2.05, 4.69) is 15.5 Å². The third-order valence-corrected chi connectivity index (χ3v) is 7.40.